The smallest absolute Gasteiger partial charge is 0.0964 e. The lowest BCUT2D eigenvalue weighted by molar-refractivity contribution is 0.225. The van der Waals surface area contributed by atoms with E-state index in [-0.39, 0.29) is 0 Å². The molecule has 5 nitrogen and oxygen atoms in total. The molecule has 0 saturated heterocycles. The first-order valence-corrected chi connectivity index (χ1v) is 8.60. The van der Waals surface area contributed by atoms with Crippen molar-refractivity contribution in [2.24, 2.45) is 5.92 Å². The minimum Gasteiger partial charge on any atom is -0.308 e. The van der Waals surface area contributed by atoms with Crippen molar-refractivity contribution in [1.29, 1.82) is 0 Å². The molecule has 0 aromatic carbocycles. The van der Waals surface area contributed by atoms with Crippen LogP contribution < -0.4 is 5.32 Å². The highest BCUT2D eigenvalue weighted by atomic mass is 15.4. The number of hydrogen-bond acceptors (Lipinski definition) is 4. The van der Waals surface area contributed by atoms with Gasteiger partial charge in [-0.3, -0.25) is 4.68 Å². The maximum absolute atomic E-state index is 4.24. The quantitative estimate of drug-likeness (QED) is 0.796. The number of hydrogen-bond donors (Lipinski definition) is 1. The second kappa shape index (κ2) is 7.36. The van der Waals surface area contributed by atoms with Crippen LogP contribution in [0.4, 0.5) is 0 Å². The van der Waals surface area contributed by atoms with Gasteiger partial charge in [-0.25, -0.2) is 0 Å². The predicted octanol–water partition coefficient (Wildman–Crippen LogP) is 2.04. The maximum Gasteiger partial charge on any atom is 0.0964 e. The summed E-state index contributed by atoms with van der Waals surface area (Å²) in [4.78, 5) is 2.46. The molecule has 0 atom stereocenters. The molecule has 2 fully saturated rings. The van der Waals surface area contributed by atoms with Crippen LogP contribution in [0.5, 0.6) is 0 Å². The average Bonchev–Trinajstić information content (AvgIpc) is 3.22. The Labute approximate surface area is 128 Å². The molecule has 2 aliphatic rings. The molecule has 2 aliphatic carbocycles. The summed E-state index contributed by atoms with van der Waals surface area (Å²) < 4.78 is 1.99. The van der Waals surface area contributed by atoms with Crippen molar-refractivity contribution in [2.75, 3.05) is 20.1 Å². The van der Waals surface area contributed by atoms with Gasteiger partial charge in [0.1, 0.15) is 0 Å². The lowest BCUT2D eigenvalue weighted by atomic mass is 9.89. The molecule has 1 N–H and O–H groups in total. The molecule has 0 radical (unpaired) electrons. The van der Waals surface area contributed by atoms with E-state index < -0.39 is 0 Å². The van der Waals surface area contributed by atoms with Crippen LogP contribution in [-0.4, -0.2) is 46.1 Å². The van der Waals surface area contributed by atoms with Crippen molar-refractivity contribution in [3.05, 3.63) is 11.9 Å². The minimum absolute atomic E-state index is 0.733. The Morgan fingerprint density at radius 3 is 2.81 bits per heavy atom. The van der Waals surface area contributed by atoms with Crippen LogP contribution in [0.15, 0.2) is 6.20 Å². The zero-order valence-corrected chi connectivity index (χ0v) is 13.3. The zero-order valence-electron chi connectivity index (χ0n) is 13.3. The fourth-order valence-electron chi connectivity index (χ4n) is 3.24. The Hall–Kier alpha value is -0.940. The van der Waals surface area contributed by atoms with Gasteiger partial charge in [-0.15, -0.1) is 5.10 Å². The molecule has 0 aliphatic heterocycles. The Balaban J connectivity index is 1.35. The molecule has 0 bridgehead atoms. The van der Waals surface area contributed by atoms with Gasteiger partial charge in [-0.05, 0) is 38.6 Å². The summed E-state index contributed by atoms with van der Waals surface area (Å²) in [5.74, 6) is 0.915. The third-order valence-corrected chi connectivity index (χ3v) is 4.74. The van der Waals surface area contributed by atoms with Gasteiger partial charge in [0.25, 0.3) is 0 Å². The zero-order chi connectivity index (χ0) is 14.5. The minimum atomic E-state index is 0.733. The summed E-state index contributed by atoms with van der Waals surface area (Å²) in [6.45, 7) is 4.11. The van der Waals surface area contributed by atoms with Crippen LogP contribution in [0, 0.1) is 5.92 Å². The first kappa shape index (κ1) is 15.0. The van der Waals surface area contributed by atoms with E-state index in [4.69, 9.17) is 0 Å². The second-order valence-corrected chi connectivity index (χ2v) is 6.89. The van der Waals surface area contributed by atoms with Crippen LogP contribution in [0.25, 0.3) is 0 Å². The Morgan fingerprint density at radius 2 is 2.05 bits per heavy atom. The fourth-order valence-corrected chi connectivity index (χ4v) is 3.24. The van der Waals surface area contributed by atoms with E-state index in [0.717, 1.165) is 37.3 Å². The number of aromatic nitrogens is 3. The standard InChI is InChI=1S/C16H29N5/c1-20(12-14-5-3-2-4-6-14)9-10-21-13-16(18-19-21)11-17-15-7-8-15/h13-15,17H,2-12H2,1H3. The molecule has 0 spiro atoms. The number of nitrogens with one attached hydrogen (secondary N) is 1. The molecule has 2 saturated carbocycles. The normalized spacial score (nSPS) is 20.3. The van der Waals surface area contributed by atoms with Gasteiger partial charge >= 0.3 is 0 Å². The van der Waals surface area contributed by atoms with E-state index in [1.54, 1.807) is 0 Å². The van der Waals surface area contributed by atoms with Crippen molar-refractivity contribution in [3.8, 4) is 0 Å². The van der Waals surface area contributed by atoms with E-state index in [9.17, 15) is 0 Å². The maximum atomic E-state index is 4.24. The Morgan fingerprint density at radius 1 is 1.24 bits per heavy atom. The van der Waals surface area contributed by atoms with Crippen LogP contribution in [-0.2, 0) is 13.1 Å². The van der Waals surface area contributed by atoms with Crippen molar-refractivity contribution in [1.82, 2.24) is 25.2 Å². The summed E-state index contributed by atoms with van der Waals surface area (Å²) >= 11 is 0. The highest BCUT2D eigenvalue weighted by molar-refractivity contribution is 4.94. The largest absolute Gasteiger partial charge is 0.308 e. The van der Waals surface area contributed by atoms with Crippen molar-refractivity contribution in [3.63, 3.8) is 0 Å². The molecular weight excluding hydrogens is 262 g/mol. The first-order chi connectivity index (χ1) is 10.3. The number of likely N-dealkylation sites (N-methyl/N-ethyl adjacent to an activating group) is 1. The molecule has 3 rings (SSSR count). The molecule has 5 heteroatoms. The van der Waals surface area contributed by atoms with E-state index in [2.05, 4.69) is 33.8 Å². The van der Waals surface area contributed by atoms with Crippen molar-refractivity contribution >= 4 is 0 Å². The molecule has 1 aromatic rings. The van der Waals surface area contributed by atoms with Crippen LogP contribution in [0.2, 0.25) is 0 Å². The number of nitrogens with zero attached hydrogens (tertiary/aromatic N) is 4. The summed E-state index contributed by atoms with van der Waals surface area (Å²) in [5.41, 5.74) is 1.07. The lowest BCUT2D eigenvalue weighted by Crippen LogP contribution is -2.30. The SMILES string of the molecule is CN(CCn1cc(CNC2CC2)nn1)CC1CCCCC1. The van der Waals surface area contributed by atoms with Gasteiger partial charge in [0.2, 0.25) is 0 Å². The summed E-state index contributed by atoms with van der Waals surface area (Å²) in [6.07, 6.45) is 11.9. The van der Waals surface area contributed by atoms with Gasteiger partial charge in [0.05, 0.1) is 12.2 Å². The Kier molecular flexibility index (Phi) is 5.25. The highest BCUT2D eigenvalue weighted by Gasteiger charge is 2.20. The summed E-state index contributed by atoms with van der Waals surface area (Å²) in [5, 5.41) is 12.0. The van der Waals surface area contributed by atoms with Gasteiger partial charge in [-0.1, -0.05) is 24.5 Å². The molecule has 21 heavy (non-hydrogen) atoms. The van der Waals surface area contributed by atoms with Crippen LogP contribution >= 0.6 is 0 Å². The topological polar surface area (TPSA) is 46.0 Å². The van der Waals surface area contributed by atoms with E-state index in [1.807, 2.05) is 4.68 Å². The summed E-state index contributed by atoms with van der Waals surface area (Å²) in [6, 6.07) is 0.733. The van der Waals surface area contributed by atoms with Crippen molar-refractivity contribution < 1.29 is 0 Å². The van der Waals surface area contributed by atoms with Gasteiger partial charge in [-0.2, -0.15) is 0 Å². The van der Waals surface area contributed by atoms with Crippen LogP contribution in [0.1, 0.15) is 50.6 Å². The molecule has 1 aromatic heterocycles. The second-order valence-electron chi connectivity index (χ2n) is 6.89. The third-order valence-electron chi connectivity index (χ3n) is 4.74. The van der Waals surface area contributed by atoms with Crippen molar-refractivity contribution in [2.45, 2.75) is 64.1 Å². The summed E-state index contributed by atoms with van der Waals surface area (Å²) in [7, 11) is 2.24. The van der Waals surface area contributed by atoms with E-state index in [0.29, 0.717) is 0 Å². The molecular formula is C16H29N5. The fraction of sp³-hybridized carbons (Fsp3) is 0.875. The van der Waals surface area contributed by atoms with Gasteiger partial charge in [0, 0.05) is 31.9 Å². The van der Waals surface area contributed by atoms with E-state index >= 15 is 0 Å². The Bertz CT molecular complexity index is 420. The van der Waals surface area contributed by atoms with Gasteiger partial charge in [0.15, 0.2) is 0 Å². The lowest BCUT2D eigenvalue weighted by Gasteiger charge is -2.26. The number of rotatable bonds is 8. The average molecular weight is 291 g/mol. The highest BCUT2D eigenvalue weighted by Crippen LogP contribution is 2.24. The molecule has 0 unspecified atom stereocenters. The monoisotopic (exact) mass is 291 g/mol. The first-order valence-electron chi connectivity index (χ1n) is 8.60. The third kappa shape index (κ3) is 5.08. The molecule has 0 amide bonds. The van der Waals surface area contributed by atoms with Crippen LogP contribution in [0.3, 0.4) is 0 Å². The van der Waals surface area contributed by atoms with E-state index in [1.165, 1.54) is 51.5 Å². The molecule has 1 heterocycles. The predicted molar refractivity (Wildman–Crippen MR) is 84.0 cm³/mol. The van der Waals surface area contributed by atoms with Gasteiger partial charge < -0.3 is 10.2 Å². The molecule has 118 valence electrons.